The lowest BCUT2D eigenvalue weighted by molar-refractivity contribution is -0.133. The van der Waals surface area contributed by atoms with Crippen molar-refractivity contribution in [3.05, 3.63) is 107 Å². The van der Waals surface area contributed by atoms with Crippen LogP contribution in [0, 0.1) is 0 Å². The SMILES string of the molecule is CC(C)(C)OC(=O)c1cc2cc(NC(=O)[C@H]3[C@H](c4ccccc4)CCN3C(=O)/C=C/c3cc(Cl)ccc3-n3cnnn3)ccc2[nH]1. The van der Waals surface area contributed by atoms with Crippen molar-refractivity contribution in [3.63, 3.8) is 0 Å². The van der Waals surface area contributed by atoms with Crippen LogP contribution in [0.4, 0.5) is 5.69 Å². The molecule has 46 heavy (non-hydrogen) atoms. The van der Waals surface area contributed by atoms with Crippen molar-refractivity contribution in [2.45, 2.75) is 44.8 Å². The number of ether oxygens (including phenoxy) is 1. The van der Waals surface area contributed by atoms with E-state index in [4.69, 9.17) is 16.3 Å². The maximum atomic E-state index is 14.0. The molecule has 2 atom stereocenters. The van der Waals surface area contributed by atoms with Crippen LogP contribution >= 0.6 is 11.6 Å². The summed E-state index contributed by atoms with van der Waals surface area (Å²) in [6.07, 6.45) is 5.16. The van der Waals surface area contributed by atoms with Crippen molar-refractivity contribution < 1.29 is 19.1 Å². The van der Waals surface area contributed by atoms with E-state index < -0.39 is 17.6 Å². The molecule has 11 nitrogen and oxygen atoms in total. The molecule has 2 amide bonds. The Bertz CT molecular complexity index is 1930. The number of nitrogens with zero attached hydrogens (tertiary/aromatic N) is 5. The van der Waals surface area contributed by atoms with Crippen LogP contribution in [-0.4, -0.2) is 66.1 Å². The van der Waals surface area contributed by atoms with Gasteiger partial charge in [0.05, 0.1) is 5.69 Å². The molecule has 12 heteroatoms. The number of carbonyl (C=O) groups is 3. The average Bonchev–Trinajstić information content (AvgIpc) is 3.79. The van der Waals surface area contributed by atoms with E-state index in [9.17, 15) is 14.4 Å². The Kier molecular flexibility index (Phi) is 8.42. The zero-order chi connectivity index (χ0) is 32.4. The van der Waals surface area contributed by atoms with Gasteiger partial charge in [0.2, 0.25) is 11.8 Å². The summed E-state index contributed by atoms with van der Waals surface area (Å²) in [4.78, 5) is 45.0. The number of hydrogen-bond donors (Lipinski definition) is 2. The third kappa shape index (κ3) is 6.69. The van der Waals surface area contributed by atoms with Gasteiger partial charge in [-0.3, -0.25) is 9.59 Å². The van der Waals surface area contributed by atoms with Crippen LogP contribution < -0.4 is 5.32 Å². The van der Waals surface area contributed by atoms with Crippen LogP contribution in [0.3, 0.4) is 0 Å². The predicted molar refractivity (Wildman–Crippen MR) is 175 cm³/mol. The number of tetrazole rings is 1. The normalized spacial score (nSPS) is 16.7. The molecule has 234 valence electrons. The number of aromatic amines is 1. The zero-order valence-corrected chi connectivity index (χ0v) is 26.2. The molecular weight excluding hydrogens is 606 g/mol. The highest BCUT2D eigenvalue weighted by atomic mass is 35.5. The fourth-order valence-corrected chi connectivity index (χ4v) is 5.86. The summed E-state index contributed by atoms with van der Waals surface area (Å²) in [5.74, 6) is -1.30. The van der Waals surface area contributed by atoms with E-state index in [0.29, 0.717) is 40.6 Å². The number of fused-ring (bicyclic) bond motifs is 1. The Morgan fingerprint density at radius 3 is 2.59 bits per heavy atom. The quantitative estimate of drug-likeness (QED) is 0.170. The van der Waals surface area contributed by atoms with Gasteiger partial charge < -0.3 is 19.9 Å². The molecule has 3 aromatic carbocycles. The molecule has 6 rings (SSSR count). The monoisotopic (exact) mass is 637 g/mol. The van der Waals surface area contributed by atoms with Crippen molar-refractivity contribution in [2.24, 2.45) is 0 Å². The van der Waals surface area contributed by atoms with Crippen molar-refractivity contribution in [1.29, 1.82) is 0 Å². The number of amides is 2. The molecule has 1 aliphatic rings. The molecule has 1 saturated heterocycles. The second-order valence-corrected chi connectivity index (χ2v) is 12.5. The highest BCUT2D eigenvalue weighted by molar-refractivity contribution is 6.30. The summed E-state index contributed by atoms with van der Waals surface area (Å²) in [7, 11) is 0. The largest absolute Gasteiger partial charge is 0.455 e. The van der Waals surface area contributed by atoms with Crippen LogP contribution in [0.25, 0.3) is 22.7 Å². The summed E-state index contributed by atoms with van der Waals surface area (Å²) in [6.45, 7) is 5.82. The molecule has 0 bridgehead atoms. The molecular formula is C34H32ClN7O4. The topological polar surface area (TPSA) is 135 Å². The van der Waals surface area contributed by atoms with Crippen LogP contribution in [0.2, 0.25) is 5.02 Å². The second-order valence-electron chi connectivity index (χ2n) is 12.0. The number of aromatic nitrogens is 5. The number of halogens is 1. The van der Waals surface area contributed by atoms with Gasteiger partial charge in [-0.15, -0.1) is 5.10 Å². The lowest BCUT2D eigenvalue weighted by Crippen LogP contribution is -2.44. The molecule has 0 aliphatic carbocycles. The predicted octanol–water partition coefficient (Wildman–Crippen LogP) is 5.79. The van der Waals surface area contributed by atoms with Gasteiger partial charge in [-0.25, -0.2) is 4.79 Å². The first-order chi connectivity index (χ1) is 22.1. The molecule has 0 radical (unpaired) electrons. The van der Waals surface area contributed by atoms with E-state index in [1.165, 1.54) is 17.1 Å². The summed E-state index contributed by atoms with van der Waals surface area (Å²) < 4.78 is 6.97. The van der Waals surface area contributed by atoms with Gasteiger partial charge in [0.15, 0.2) is 0 Å². The van der Waals surface area contributed by atoms with Crippen molar-refractivity contribution in [2.75, 3.05) is 11.9 Å². The third-order valence-electron chi connectivity index (χ3n) is 7.68. The summed E-state index contributed by atoms with van der Waals surface area (Å²) in [5, 5.41) is 15.6. The Morgan fingerprint density at radius 1 is 1.04 bits per heavy atom. The van der Waals surface area contributed by atoms with Gasteiger partial charge in [-0.2, -0.15) is 4.68 Å². The number of hydrogen-bond acceptors (Lipinski definition) is 7. The fraction of sp³-hybridized carbons (Fsp3) is 0.235. The molecule has 3 heterocycles. The maximum Gasteiger partial charge on any atom is 0.355 e. The smallest absolute Gasteiger partial charge is 0.355 e. The zero-order valence-electron chi connectivity index (χ0n) is 25.5. The van der Waals surface area contributed by atoms with E-state index in [1.807, 2.05) is 51.1 Å². The first-order valence-electron chi connectivity index (χ1n) is 14.8. The van der Waals surface area contributed by atoms with Crippen molar-refractivity contribution >= 4 is 52.1 Å². The highest BCUT2D eigenvalue weighted by Gasteiger charge is 2.42. The average molecular weight is 638 g/mol. The molecule has 0 unspecified atom stereocenters. The summed E-state index contributed by atoms with van der Waals surface area (Å²) in [6, 6.07) is 21.2. The number of esters is 1. The maximum absolute atomic E-state index is 14.0. The summed E-state index contributed by atoms with van der Waals surface area (Å²) in [5.41, 5.74) is 3.21. The fourth-order valence-electron chi connectivity index (χ4n) is 5.68. The minimum atomic E-state index is -0.767. The molecule has 2 N–H and O–H groups in total. The Labute approximate surface area is 270 Å². The van der Waals surface area contributed by atoms with Crippen LogP contribution in [-0.2, 0) is 14.3 Å². The van der Waals surface area contributed by atoms with Gasteiger partial charge in [-0.05, 0) is 91.7 Å². The Morgan fingerprint density at radius 2 is 1.85 bits per heavy atom. The number of benzene rings is 3. The van der Waals surface area contributed by atoms with Crippen molar-refractivity contribution in [3.8, 4) is 5.69 Å². The Balaban J connectivity index is 1.26. The van der Waals surface area contributed by atoms with E-state index in [-0.39, 0.29) is 17.7 Å². The van der Waals surface area contributed by atoms with E-state index in [0.717, 1.165) is 16.5 Å². The standard InChI is InChI=1S/C34H32ClN7O4/c1-34(2,3)46-33(45)28-19-23-18-25(11-12-27(23)38-28)37-32(44)31-26(21-7-5-4-6-8-21)15-16-41(31)30(43)14-9-22-17-24(35)10-13-29(22)42-20-36-39-40-42/h4-14,17-20,26,31,38H,15-16H2,1-3H3,(H,37,44)/b14-9+/t26-,31+/m0/s1. The minimum absolute atomic E-state index is 0.212. The van der Waals surface area contributed by atoms with E-state index in [1.54, 1.807) is 53.4 Å². The number of carbonyl (C=O) groups excluding carboxylic acids is 3. The lowest BCUT2D eigenvalue weighted by Gasteiger charge is -2.27. The molecule has 1 fully saturated rings. The number of nitrogens with one attached hydrogen (secondary N) is 2. The molecule has 1 aliphatic heterocycles. The highest BCUT2D eigenvalue weighted by Crippen LogP contribution is 2.35. The molecule has 5 aromatic rings. The first kappa shape index (κ1) is 30.7. The Hall–Kier alpha value is -5.29. The lowest BCUT2D eigenvalue weighted by atomic mass is 9.91. The van der Waals surface area contributed by atoms with Crippen molar-refractivity contribution in [1.82, 2.24) is 30.1 Å². The minimum Gasteiger partial charge on any atom is -0.455 e. The second kappa shape index (κ2) is 12.6. The van der Waals surface area contributed by atoms with E-state index >= 15 is 0 Å². The number of H-pyrrole nitrogens is 1. The number of likely N-dealkylation sites (tertiary alicyclic amines) is 1. The van der Waals surface area contributed by atoms with Gasteiger partial charge in [0.25, 0.3) is 0 Å². The van der Waals surface area contributed by atoms with Gasteiger partial charge in [-0.1, -0.05) is 41.9 Å². The number of anilines is 1. The third-order valence-corrected chi connectivity index (χ3v) is 7.91. The molecule has 0 saturated carbocycles. The van der Waals surface area contributed by atoms with Crippen LogP contribution in [0.1, 0.15) is 54.7 Å². The van der Waals surface area contributed by atoms with E-state index in [2.05, 4.69) is 25.8 Å². The van der Waals surface area contributed by atoms with Gasteiger partial charge in [0.1, 0.15) is 23.7 Å². The number of rotatable bonds is 7. The first-order valence-corrected chi connectivity index (χ1v) is 15.2. The molecule has 2 aromatic heterocycles. The van der Waals surface area contributed by atoms with Crippen LogP contribution in [0.5, 0.6) is 0 Å². The molecule has 0 spiro atoms. The summed E-state index contributed by atoms with van der Waals surface area (Å²) >= 11 is 6.26. The van der Waals surface area contributed by atoms with Gasteiger partial charge >= 0.3 is 5.97 Å². The van der Waals surface area contributed by atoms with Gasteiger partial charge in [0, 0.05) is 45.7 Å². The van der Waals surface area contributed by atoms with Crippen LogP contribution in [0.15, 0.2) is 85.2 Å².